The lowest BCUT2D eigenvalue weighted by Gasteiger charge is -2.04. The van der Waals surface area contributed by atoms with Crippen molar-refractivity contribution in [3.8, 4) is 5.69 Å². The molecule has 7 heteroatoms. The summed E-state index contributed by atoms with van der Waals surface area (Å²) >= 11 is 3.41. The summed E-state index contributed by atoms with van der Waals surface area (Å²) in [5, 5.41) is 7.22. The number of aromatic nitrogens is 4. The lowest BCUT2D eigenvalue weighted by atomic mass is 10.3. The number of nitrogens with one attached hydrogen (secondary N) is 1. The van der Waals surface area contributed by atoms with Crippen molar-refractivity contribution in [1.29, 1.82) is 0 Å². The van der Waals surface area contributed by atoms with Crippen molar-refractivity contribution in [2.24, 2.45) is 7.05 Å². The highest BCUT2D eigenvalue weighted by molar-refractivity contribution is 9.10. The topological polar surface area (TPSA) is 64.7 Å². The maximum Gasteiger partial charge on any atom is 0.226 e. The average molecular weight is 374 g/mol. The third kappa shape index (κ3) is 3.87. The Kier molecular flexibility index (Phi) is 4.57. The van der Waals surface area contributed by atoms with Crippen LogP contribution in [0, 0.1) is 0 Å². The summed E-state index contributed by atoms with van der Waals surface area (Å²) in [6, 6.07) is 7.88. The number of benzene rings is 1. The monoisotopic (exact) mass is 373 g/mol. The van der Waals surface area contributed by atoms with E-state index in [4.69, 9.17) is 0 Å². The number of halogens is 1. The standard InChI is InChI=1S/C16H16BrN5O/c1-21-11-18-9-15(21)6-16(23)19-7-12-8-20-22(10-12)14-4-2-13(17)3-5-14/h2-5,8-11H,6-7H2,1H3,(H,19,23). The molecule has 0 aliphatic heterocycles. The van der Waals surface area contributed by atoms with Crippen molar-refractivity contribution in [3.05, 3.63) is 64.9 Å². The summed E-state index contributed by atoms with van der Waals surface area (Å²) < 4.78 is 4.65. The Morgan fingerprint density at radius 3 is 2.74 bits per heavy atom. The molecule has 0 unspecified atom stereocenters. The summed E-state index contributed by atoms with van der Waals surface area (Å²) in [5.41, 5.74) is 2.81. The number of hydrogen-bond donors (Lipinski definition) is 1. The number of aryl methyl sites for hydroxylation is 1. The number of amides is 1. The van der Waals surface area contributed by atoms with Gasteiger partial charge in [0.2, 0.25) is 5.91 Å². The number of hydrogen-bond acceptors (Lipinski definition) is 3. The van der Waals surface area contributed by atoms with Gasteiger partial charge in [-0.15, -0.1) is 0 Å². The van der Waals surface area contributed by atoms with Crippen LogP contribution in [0.25, 0.3) is 5.69 Å². The van der Waals surface area contributed by atoms with Gasteiger partial charge in [0.05, 0.1) is 24.6 Å². The van der Waals surface area contributed by atoms with E-state index >= 15 is 0 Å². The number of carbonyl (C=O) groups excluding carboxylic acids is 1. The molecule has 2 heterocycles. The summed E-state index contributed by atoms with van der Waals surface area (Å²) in [4.78, 5) is 16.0. The molecule has 0 atom stereocenters. The first-order valence-corrected chi connectivity index (χ1v) is 7.92. The quantitative estimate of drug-likeness (QED) is 0.745. The van der Waals surface area contributed by atoms with E-state index in [1.807, 2.05) is 42.1 Å². The Hall–Kier alpha value is -2.41. The molecular formula is C16H16BrN5O. The van der Waals surface area contributed by atoms with Gasteiger partial charge < -0.3 is 9.88 Å². The van der Waals surface area contributed by atoms with Gasteiger partial charge >= 0.3 is 0 Å². The Bertz CT molecular complexity index is 806. The normalized spacial score (nSPS) is 10.7. The van der Waals surface area contributed by atoms with Crippen LogP contribution in [0.3, 0.4) is 0 Å². The first kappa shape index (κ1) is 15.5. The second kappa shape index (κ2) is 6.78. The summed E-state index contributed by atoms with van der Waals surface area (Å²) in [6.45, 7) is 0.452. The Morgan fingerprint density at radius 2 is 2.04 bits per heavy atom. The van der Waals surface area contributed by atoms with Crippen LogP contribution in [0.2, 0.25) is 0 Å². The third-order valence-corrected chi connectivity index (χ3v) is 4.00. The van der Waals surface area contributed by atoms with Gasteiger partial charge in [0.25, 0.3) is 0 Å². The minimum Gasteiger partial charge on any atom is -0.352 e. The smallest absolute Gasteiger partial charge is 0.226 e. The molecule has 3 rings (SSSR count). The van der Waals surface area contributed by atoms with E-state index in [0.29, 0.717) is 13.0 Å². The van der Waals surface area contributed by atoms with Crippen molar-refractivity contribution in [1.82, 2.24) is 24.6 Å². The zero-order valence-corrected chi connectivity index (χ0v) is 14.2. The zero-order valence-electron chi connectivity index (χ0n) is 12.6. The van der Waals surface area contributed by atoms with Gasteiger partial charge in [-0.2, -0.15) is 5.10 Å². The van der Waals surface area contributed by atoms with Crippen LogP contribution in [0.5, 0.6) is 0 Å². The molecule has 6 nitrogen and oxygen atoms in total. The van der Waals surface area contributed by atoms with Crippen LogP contribution in [0.15, 0.2) is 53.7 Å². The second-order valence-electron chi connectivity index (χ2n) is 5.22. The molecule has 118 valence electrons. The summed E-state index contributed by atoms with van der Waals surface area (Å²) in [6.07, 6.45) is 7.37. The second-order valence-corrected chi connectivity index (χ2v) is 6.13. The van der Waals surface area contributed by atoms with E-state index in [0.717, 1.165) is 21.4 Å². The van der Waals surface area contributed by atoms with E-state index in [1.54, 1.807) is 23.4 Å². The minimum atomic E-state index is -0.0370. The lowest BCUT2D eigenvalue weighted by molar-refractivity contribution is -0.120. The fourth-order valence-electron chi connectivity index (χ4n) is 2.17. The van der Waals surface area contributed by atoms with E-state index in [-0.39, 0.29) is 5.91 Å². The molecule has 0 radical (unpaired) electrons. The molecule has 0 fully saturated rings. The Balaban J connectivity index is 1.58. The largest absolute Gasteiger partial charge is 0.352 e. The molecule has 1 N–H and O–H groups in total. The molecule has 2 aromatic heterocycles. The number of carbonyl (C=O) groups is 1. The van der Waals surface area contributed by atoms with Gasteiger partial charge in [-0.25, -0.2) is 9.67 Å². The molecule has 0 bridgehead atoms. The molecule has 3 aromatic rings. The number of rotatable bonds is 5. The fraction of sp³-hybridized carbons (Fsp3) is 0.188. The van der Waals surface area contributed by atoms with Gasteiger partial charge in [-0.05, 0) is 24.3 Å². The lowest BCUT2D eigenvalue weighted by Crippen LogP contribution is -2.25. The van der Waals surface area contributed by atoms with Crippen molar-refractivity contribution < 1.29 is 4.79 Å². The number of nitrogens with zero attached hydrogens (tertiary/aromatic N) is 4. The van der Waals surface area contributed by atoms with Crippen LogP contribution >= 0.6 is 15.9 Å². The highest BCUT2D eigenvalue weighted by Gasteiger charge is 2.07. The Morgan fingerprint density at radius 1 is 1.26 bits per heavy atom. The molecule has 0 aliphatic rings. The van der Waals surface area contributed by atoms with Gasteiger partial charge in [0.1, 0.15) is 0 Å². The molecule has 0 saturated heterocycles. The Labute approximate surface area is 142 Å². The van der Waals surface area contributed by atoms with Crippen molar-refractivity contribution in [2.75, 3.05) is 0 Å². The predicted octanol–water partition coefficient (Wildman–Crippen LogP) is 2.23. The molecule has 0 aliphatic carbocycles. The maximum absolute atomic E-state index is 12.0. The van der Waals surface area contributed by atoms with E-state index in [9.17, 15) is 4.79 Å². The molecule has 0 saturated carbocycles. The highest BCUT2D eigenvalue weighted by Crippen LogP contribution is 2.14. The first-order chi connectivity index (χ1) is 11.1. The van der Waals surface area contributed by atoms with E-state index in [2.05, 4.69) is 31.3 Å². The molecule has 0 spiro atoms. The maximum atomic E-state index is 12.0. The summed E-state index contributed by atoms with van der Waals surface area (Å²) in [5.74, 6) is -0.0370. The fourth-order valence-corrected chi connectivity index (χ4v) is 2.43. The van der Waals surface area contributed by atoms with Gasteiger partial charge in [-0.3, -0.25) is 4.79 Å². The van der Waals surface area contributed by atoms with Gasteiger partial charge in [-0.1, -0.05) is 15.9 Å². The molecule has 1 amide bonds. The zero-order chi connectivity index (χ0) is 16.2. The van der Waals surface area contributed by atoms with Crippen LogP contribution < -0.4 is 5.32 Å². The predicted molar refractivity (Wildman–Crippen MR) is 90.0 cm³/mol. The van der Waals surface area contributed by atoms with Gasteiger partial charge in [0.15, 0.2) is 0 Å². The average Bonchev–Trinajstić information content (AvgIpc) is 3.16. The van der Waals surface area contributed by atoms with Crippen molar-refractivity contribution >= 4 is 21.8 Å². The van der Waals surface area contributed by atoms with Crippen LogP contribution in [-0.2, 0) is 24.8 Å². The van der Waals surface area contributed by atoms with Crippen molar-refractivity contribution in [2.45, 2.75) is 13.0 Å². The third-order valence-electron chi connectivity index (χ3n) is 3.48. The molecule has 1 aromatic carbocycles. The van der Waals surface area contributed by atoms with Gasteiger partial charge in [0, 0.05) is 41.7 Å². The SMILES string of the molecule is Cn1cncc1CC(=O)NCc1cnn(-c2ccc(Br)cc2)c1. The number of imidazole rings is 1. The summed E-state index contributed by atoms with van der Waals surface area (Å²) in [7, 11) is 1.87. The van der Waals surface area contributed by atoms with E-state index < -0.39 is 0 Å². The molecule has 23 heavy (non-hydrogen) atoms. The molecular weight excluding hydrogens is 358 g/mol. The minimum absolute atomic E-state index is 0.0370. The van der Waals surface area contributed by atoms with Crippen LogP contribution in [-0.4, -0.2) is 25.2 Å². The van der Waals surface area contributed by atoms with Crippen LogP contribution in [0.4, 0.5) is 0 Å². The van der Waals surface area contributed by atoms with E-state index in [1.165, 1.54) is 0 Å². The first-order valence-electron chi connectivity index (χ1n) is 7.13. The highest BCUT2D eigenvalue weighted by atomic mass is 79.9. The van der Waals surface area contributed by atoms with Crippen molar-refractivity contribution in [3.63, 3.8) is 0 Å². The van der Waals surface area contributed by atoms with Crippen LogP contribution in [0.1, 0.15) is 11.3 Å².